The van der Waals surface area contributed by atoms with Gasteiger partial charge in [-0.1, -0.05) is 0 Å². The molecule has 108 valence electrons. The first-order chi connectivity index (χ1) is 8.59. The zero-order valence-corrected chi connectivity index (χ0v) is 11.4. The summed E-state index contributed by atoms with van der Waals surface area (Å²) in [6, 6.07) is 3.21. The van der Waals surface area contributed by atoms with Gasteiger partial charge in [0, 0.05) is 16.7 Å². The normalized spacial score (nSPS) is 14.0. The summed E-state index contributed by atoms with van der Waals surface area (Å²) < 4.78 is 70.3. The van der Waals surface area contributed by atoms with Crippen LogP contribution in [0.5, 0.6) is 11.5 Å². The Labute approximate surface area is 112 Å². The lowest BCUT2D eigenvalue weighted by molar-refractivity contribution is -0.131. The molecule has 4 nitrogen and oxygen atoms in total. The molecule has 0 aliphatic carbocycles. The fraction of sp³-hybridized carbons (Fsp3) is 0.400. The molecule has 0 aliphatic heterocycles. The maximum Gasteiger partial charge on any atom is 0.410 e. The van der Waals surface area contributed by atoms with Crippen LogP contribution in [0.4, 0.5) is 13.2 Å². The number of benzene rings is 1. The third-order valence-electron chi connectivity index (χ3n) is 2.26. The van der Waals surface area contributed by atoms with E-state index in [4.69, 9.17) is 20.2 Å². The molecule has 0 amide bonds. The molecule has 0 heterocycles. The van der Waals surface area contributed by atoms with Gasteiger partial charge in [0.15, 0.2) is 5.25 Å². The minimum Gasteiger partial charge on any atom is -0.497 e. The van der Waals surface area contributed by atoms with Crippen LogP contribution in [0.2, 0.25) is 0 Å². The van der Waals surface area contributed by atoms with Crippen molar-refractivity contribution < 1.29 is 31.1 Å². The van der Waals surface area contributed by atoms with Crippen molar-refractivity contribution in [3.63, 3.8) is 0 Å². The van der Waals surface area contributed by atoms with Gasteiger partial charge < -0.3 is 9.47 Å². The molecule has 0 bridgehead atoms. The van der Waals surface area contributed by atoms with Gasteiger partial charge in [-0.2, -0.15) is 13.2 Å². The molecule has 1 rings (SSSR count). The van der Waals surface area contributed by atoms with Crippen molar-refractivity contribution in [3.8, 4) is 11.5 Å². The average Bonchev–Trinajstić information content (AvgIpc) is 2.24. The quantitative estimate of drug-likeness (QED) is 0.801. The van der Waals surface area contributed by atoms with Gasteiger partial charge in [0.25, 0.3) is 0 Å². The zero-order valence-electron chi connectivity index (χ0n) is 9.86. The van der Waals surface area contributed by atoms with Gasteiger partial charge in [0.05, 0.1) is 14.2 Å². The number of hydrogen-bond donors (Lipinski definition) is 0. The van der Waals surface area contributed by atoms with E-state index in [-0.39, 0.29) is 11.5 Å². The molecule has 19 heavy (non-hydrogen) atoms. The Morgan fingerprint density at radius 1 is 1.11 bits per heavy atom. The van der Waals surface area contributed by atoms with Gasteiger partial charge in [-0.3, -0.25) is 0 Å². The highest BCUT2D eigenvalue weighted by Crippen LogP contribution is 2.43. The van der Waals surface area contributed by atoms with E-state index in [2.05, 4.69) is 0 Å². The van der Waals surface area contributed by atoms with Gasteiger partial charge in [-0.05, 0) is 17.7 Å². The predicted octanol–water partition coefficient (Wildman–Crippen LogP) is 2.88. The topological polar surface area (TPSA) is 52.6 Å². The van der Waals surface area contributed by atoms with Crippen LogP contribution in [0.3, 0.4) is 0 Å². The van der Waals surface area contributed by atoms with Crippen molar-refractivity contribution in [1.82, 2.24) is 0 Å². The smallest absolute Gasteiger partial charge is 0.410 e. The van der Waals surface area contributed by atoms with E-state index in [1.165, 1.54) is 20.3 Å². The van der Waals surface area contributed by atoms with Crippen LogP contribution in [-0.2, 0) is 9.05 Å². The van der Waals surface area contributed by atoms with E-state index < -0.39 is 26.0 Å². The average molecular weight is 319 g/mol. The van der Waals surface area contributed by atoms with E-state index >= 15 is 0 Å². The summed E-state index contributed by atoms with van der Waals surface area (Å²) in [4.78, 5) is 0. The second kappa shape index (κ2) is 5.46. The van der Waals surface area contributed by atoms with Gasteiger partial charge >= 0.3 is 6.18 Å². The number of hydrogen-bond acceptors (Lipinski definition) is 4. The number of methoxy groups -OCH3 is 2. The molecule has 1 atom stereocenters. The van der Waals surface area contributed by atoms with Crippen molar-refractivity contribution in [1.29, 1.82) is 0 Å². The van der Waals surface area contributed by atoms with Crippen molar-refractivity contribution in [2.45, 2.75) is 11.4 Å². The van der Waals surface area contributed by atoms with Gasteiger partial charge in [-0.15, -0.1) is 0 Å². The molecule has 0 aliphatic rings. The van der Waals surface area contributed by atoms with Crippen LogP contribution < -0.4 is 9.47 Å². The molecule has 0 saturated heterocycles. The maximum absolute atomic E-state index is 12.8. The largest absolute Gasteiger partial charge is 0.497 e. The third kappa shape index (κ3) is 3.90. The highest BCUT2D eigenvalue weighted by molar-refractivity contribution is 8.14. The molecule has 1 aromatic carbocycles. The number of rotatable bonds is 4. The number of ether oxygens (including phenoxy) is 2. The lowest BCUT2D eigenvalue weighted by Gasteiger charge is -2.18. The SMILES string of the molecule is COc1cc(OC)cc(C(C(F)(F)F)S(=O)(=O)Cl)c1. The number of alkyl halides is 3. The molecule has 0 aromatic heterocycles. The summed E-state index contributed by atoms with van der Waals surface area (Å²) in [5.74, 6) is 0.0628. The highest BCUT2D eigenvalue weighted by Gasteiger charge is 2.49. The molecule has 0 spiro atoms. The summed E-state index contributed by atoms with van der Waals surface area (Å²) in [5, 5.41) is -2.84. The van der Waals surface area contributed by atoms with Crippen LogP contribution in [-0.4, -0.2) is 28.8 Å². The van der Waals surface area contributed by atoms with Crippen LogP contribution in [0.15, 0.2) is 18.2 Å². The molecule has 1 unspecified atom stereocenters. The van der Waals surface area contributed by atoms with Gasteiger partial charge in [0.2, 0.25) is 9.05 Å². The highest BCUT2D eigenvalue weighted by atomic mass is 35.7. The lowest BCUT2D eigenvalue weighted by atomic mass is 10.1. The summed E-state index contributed by atoms with van der Waals surface area (Å²) in [5.41, 5.74) is -0.571. The van der Waals surface area contributed by atoms with Crippen LogP contribution in [0.1, 0.15) is 10.8 Å². The van der Waals surface area contributed by atoms with Gasteiger partial charge in [0.1, 0.15) is 11.5 Å². The van der Waals surface area contributed by atoms with Crippen LogP contribution in [0, 0.1) is 0 Å². The van der Waals surface area contributed by atoms with Gasteiger partial charge in [-0.25, -0.2) is 8.42 Å². The van der Waals surface area contributed by atoms with E-state index in [9.17, 15) is 21.6 Å². The Hall–Kier alpha value is -1.15. The maximum atomic E-state index is 12.8. The van der Waals surface area contributed by atoms with Crippen molar-refractivity contribution in [3.05, 3.63) is 23.8 Å². The van der Waals surface area contributed by atoms with E-state index in [1.807, 2.05) is 0 Å². The summed E-state index contributed by atoms with van der Waals surface area (Å²) in [7, 11) is 2.46. The summed E-state index contributed by atoms with van der Waals surface area (Å²) in [6.45, 7) is 0. The lowest BCUT2D eigenvalue weighted by Crippen LogP contribution is -2.25. The Balaban J connectivity index is 3.47. The summed E-state index contributed by atoms with van der Waals surface area (Å²) >= 11 is 0. The number of halogens is 4. The molecule has 1 aromatic rings. The fourth-order valence-electron chi connectivity index (χ4n) is 1.49. The Bertz CT molecular complexity index is 534. The Kier molecular flexibility index (Phi) is 4.57. The van der Waals surface area contributed by atoms with E-state index in [0.29, 0.717) is 0 Å². The van der Waals surface area contributed by atoms with Crippen molar-refractivity contribution in [2.75, 3.05) is 14.2 Å². The van der Waals surface area contributed by atoms with Crippen LogP contribution in [0.25, 0.3) is 0 Å². The molecular weight excluding hydrogens is 309 g/mol. The monoisotopic (exact) mass is 318 g/mol. The van der Waals surface area contributed by atoms with Crippen molar-refractivity contribution in [2.24, 2.45) is 0 Å². The molecule has 0 fully saturated rings. The summed E-state index contributed by atoms with van der Waals surface area (Å²) in [6.07, 6.45) is -5.04. The third-order valence-corrected chi connectivity index (χ3v) is 3.89. The minimum atomic E-state index is -5.04. The first-order valence-corrected chi connectivity index (χ1v) is 7.20. The van der Waals surface area contributed by atoms with Crippen LogP contribution >= 0.6 is 10.7 Å². The Morgan fingerprint density at radius 2 is 1.53 bits per heavy atom. The predicted molar refractivity (Wildman–Crippen MR) is 63.1 cm³/mol. The second-order valence-electron chi connectivity index (χ2n) is 3.54. The molecule has 0 radical (unpaired) electrons. The Morgan fingerprint density at radius 3 is 1.79 bits per heavy atom. The minimum absolute atomic E-state index is 0.0314. The molecular formula is C10H10ClF3O4S. The first-order valence-electron chi connectivity index (χ1n) is 4.82. The first kappa shape index (κ1) is 15.9. The second-order valence-corrected chi connectivity index (χ2v) is 6.26. The molecule has 0 N–H and O–H groups in total. The zero-order chi connectivity index (χ0) is 14.8. The van der Waals surface area contributed by atoms with Crippen molar-refractivity contribution >= 4 is 19.7 Å². The van der Waals surface area contributed by atoms with E-state index in [0.717, 1.165) is 12.1 Å². The molecule has 9 heteroatoms. The standard InChI is InChI=1S/C10H10ClF3O4S/c1-17-7-3-6(4-8(5-7)18-2)9(10(12,13)14)19(11,15)16/h3-5,9H,1-2H3. The fourth-order valence-corrected chi connectivity index (χ4v) is 2.88. The molecule has 0 saturated carbocycles. The van der Waals surface area contributed by atoms with E-state index in [1.54, 1.807) is 0 Å².